The standard InChI is InChI=1S/C28H47NO/c1-9-28-15-13-23(21(5)29-30-19(2)3)26(28,7)16-17-27(8)24(28)11-10-22-18-20(4)12-14-25(22,27)6/h20,22-24H,2,9-18H2,1,3-8H3/b29-21+. The molecule has 170 valence electrons. The van der Waals surface area contributed by atoms with Crippen molar-refractivity contribution in [3.05, 3.63) is 12.3 Å². The molecule has 0 aromatic rings. The smallest absolute Gasteiger partial charge is 0.124 e. The van der Waals surface area contributed by atoms with Crippen molar-refractivity contribution in [3.63, 3.8) is 0 Å². The van der Waals surface area contributed by atoms with E-state index in [0.29, 0.717) is 33.3 Å². The number of fused-ring (bicyclic) bond motifs is 5. The highest BCUT2D eigenvalue weighted by Crippen LogP contribution is 2.78. The third-order valence-corrected chi connectivity index (χ3v) is 11.7. The van der Waals surface area contributed by atoms with Gasteiger partial charge < -0.3 is 4.84 Å². The van der Waals surface area contributed by atoms with Crippen LogP contribution in [0.2, 0.25) is 0 Å². The van der Waals surface area contributed by atoms with Gasteiger partial charge >= 0.3 is 0 Å². The Balaban J connectivity index is 1.71. The summed E-state index contributed by atoms with van der Waals surface area (Å²) in [5, 5.41) is 4.53. The first-order valence-corrected chi connectivity index (χ1v) is 12.9. The highest BCUT2D eigenvalue weighted by Gasteiger charge is 2.70. The van der Waals surface area contributed by atoms with Gasteiger partial charge in [-0.3, -0.25) is 0 Å². The Morgan fingerprint density at radius 1 is 0.933 bits per heavy atom. The second-order valence-corrected chi connectivity index (χ2v) is 12.6. The molecule has 0 spiro atoms. The van der Waals surface area contributed by atoms with Gasteiger partial charge in [0.15, 0.2) is 0 Å². The molecule has 0 N–H and O–H groups in total. The minimum Gasteiger partial charge on any atom is -0.362 e. The Morgan fingerprint density at radius 3 is 2.30 bits per heavy atom. The van der Waals surface area contributed by atoms with Gasteiger partial charge in [0.25, 0.3) is 0 Å². The zero-order chi connectivity index (χ0) is 21.9. The van der Waals surface area contributed by atoms with Crippen LogP contribution in [0.15, 0.2) is 17.5 Å². The summed E-state index contributed by atoms with van der Waals surface area (Å²) in [5.41, 5.74) is 3.05. The van der Waals surface area contributed by atoms with E-state index in [1.165, 1.54) is 69.9 Å². The second-order valence-electron chi connectivity index (χ2n) is 12.6. The SMILES string of the molecule is C=C(C)O/N=C(\C)C1CCC2(CC)C3CCC4CC(C)CCC4(C)C3(C)CCC12C. The molecule has 0 heterocycles. The highest BCUT2D eigenvalue weighted by molar-refractivity contribution is 5.85. The fourth-order valence-electron chi connectivity index (χ4n) is 9.81. The fraction of sp³-hybridized carbons (Fsp3) is 0.893. The van der Waals surface area contributed by atoms with Crippen LogP contribution in [0.25, 0.3) is 0 Å². The molecule has 2 heteroatoms. The summed E-state index contributed by atoms with van der Waals surface area (Å²) in [5.74, 6) is 3.99. The average molecular weight is 414 g/mol. The lowest BCUT2D eigenvalue weighted by molar-refractivity contribution is -0.215. The quantitative estimate of drug-likeness (QED) is 0.258. The molecular formula is C28H47NO. The van der Waals surface area contributed by atoms with E-state index in [4.69, 9.17) is 4.84 Å². The van der Waals surface area contributed by atoms with Gasteiger partial charge in [0.05, 0.1) is 5.71 Å². The van der Waals surface area contributed by atoms with Gasteiger partial charge in [0.1, 0.15) is 5.76 Å². The summed E-state index contributed by atoms with van der Waals surface area (Å²) in [7, 11) is 0. The zero-order valence-corrected chi connectivity index (χ0v) is 20.9. The average Bonchev–Trinajstić information content (AvgIpc) is 3.01. The number of allylic oxidation sites excluding steroid dienone is 1. The normalized spacial score (nSPS) is 51.0. The van der Waals surface area contributed by atoms with Crippen molar-refractivity contribution < 1.29 is 4.84 Å². The van der Waals surface area contributed by atoms with Gasteiger partial charge in [0.2, 0.25) is 0 Å². The molecular weight excluding hydrogens is 366 g/mol. The van der Waals surface area contributed by atoms with E-state index in [9.17, 15) is 0 Å². The molecule has 8 unspecified atom stereocenters. The molecule has 2 nitrogen and oxygen atoms in total. The molecule has 0 amide bonds. The minimum atomic E-state index is 0.350. The lowest BCUT2D eigenvalue weighted by Crippen LogP contribution is -2.63. The largest absolute Gasteiger partial charge is 0.362 e. The lowest BCUT2D eigenvalue weighted by Gasteiger charge is -2.70. The Hall–Kier alpha value is -0.790. The van der Waals surface area contributed by atoms with Crippen molar-refractivity contribution in [1.29, 1.82) is 0 Å². The van der Waals surface area contributed by atoms with Crippen molar-refractivity contribution in [3.8, 4) is 0 Å². The van der Waals surface area contributed by atoms with Crippen LogP contribution in [0.5, 0.6) is 0 Å². The van der Waals surface area contributed by atoms with Crippen molar-refractivity contribution >= 4 is 5.71 Å². The van der Waals surface area contributed by atoms with Crippen LogP contribution in [-0.4, -0.2) is 5.71 Å². The van der Waals surface area contributed by atoms with Gasteiger partial charge in [-0.05, 0) is 111 Å². The predicted octanol–water partition coefficient (Wildman–Crippen LogP) is 8.38. The number of rotatable bonds is 4. The molecule has 4 aliphatic rings. The van der Waals surface area contributed by atoms with Crippen LogP contribution in [0, 0.1) is 45.3 Å². The van der Waals surface area contributed by atoms with Crippen LogP contribution in [-0.2, 0) is 4.84 Å². The molecule has 8 atom stereocenters. The summed E-state index contributed by atoms with van der Waals surface area (Å²) < 4.78 is 0. The molecule has 30 heavy (non-hydrogen) atoms. The molecule has 0 bridgehead atoms. The molecule has 0 aliphatic heterocycles. The molecule has 4 saturated carbocycles. The van der Waals surface area contributed by atoms with Crippen molar-refractivity contribution in [2.24, 2.45) is 50.5 Å². The molecule has 4 fully saturated rings. The van der Waals surface area contributed by atoms with Gasteiger partial charge in [-0.25, -0.2) is 0 Å². The monoisotopic (exact) mass is 413 g/mol. The maximum absolute atomic E-state index is 5.52. The fourth-order valence-corrected chi connectivity index (χ4v) is 9.81. The van der Waals surface area contributed by atoms with Gasteiger partial charge in [-0.2, -0.15) is 0 Å². The van der Waals surface area contributed by atoms with E-state index < -0.39 is 0 Å². The summed E-state index contributed by atoms with van der Waals surface area (Å²) in [6, 6.07) is 0. The first-order valence-electron chi connectivity index (χ1n) is 12.9. The van der Waals surface area contributed by atoms with Crippen molar-refractivity contribution in [2.75, 3.05) is 0 Å². The Kier molecular flexibility index (Phi) is 5.51. The van der Waals surface area contributed by atoms with E-state index in [1.807, 2.05) is 6.92 Å². The number of hydrogen-bond acceptors (Lipinski definition) is 2. The highest BCUT2D eigenvalue weighted by atomic mass is 16.6. The Labute approximate surface area is 186 Å². The first-order chi connectivity index (χ1) is 14.0. The van der Waals surface area contributed by atoms with Crippen LogP contribution < -0.4 is 0 Å². The molecule has 0 aromatic carbocycles. The maximum atomic E-state index is 5.52. The van der Waals surface area contributed by atoms with Crippen molar-refractivity contribution in [2.45, 2.75) is 113 Å². The topological polar surface area (TPSA) is 21.6 Å². The minimum absolute atomic E-state index is 0.350. The summed E-state index contributed by atoms with van der Waals surface area (Å²) >= 11 is 0. The third kappa shape index (κ3) is 2.83. The number of hydrogen-bond donors (Lipinski definition) is 0. The van der Waals surface area contributed by atoms with Crippen molar-refractivity contribution in [1.82, 2.24) is 0 Å². The van der Waals surface area contributed by atoms with Gasteiger partial charge in [-0.1, -0.05) is 52.8 Å². The summed E-state index contributed by atoms with van der Waals surface area (Å²) in [6.45, 7) is 21.0. The molecule has 0 saturated heterocycles. The van der Waals surface area contributed by atoms with E-state index >= 15 is 0 Å². The van der Waals surface area contributed by atoms with E-state index in [-0.39, 0.29) is 0 Å². The van der Waals surface area contributed by atoms with Crippen LogP contribution in [0.3, 0.4) is 0 Å². The van der Waals surface area contributed by atoms with E-state index in [2.05, 4.69) is 53.3 Å². The Bertz CT molecular complexity index is 726. The van der Waals surface area contributed by atoms with Gasteiger partial charge in [-0.15, -0.1) is 0 Å². The van der Waals surface area contributed by atoms with Crippen LogP contribution in [0.4, 0.5) is 0 Å². The zero-order valence-electron chi connectivity index (χ0n) is 20.9. The summed E-state index contributed by atoms with van der Waals surface area (Å²) in [4.78, 5) is 5.52. The predicted molar refractivity (Wildman–Crippen MR) is 127 cm³/mol. The molecule has 0 aromatic heterocycles. The third-order valence-electron chi connectivity index (χ3n) is 11.7. The summed E-state index contributed by atoms with van der Waals surface area (Å²) in [6.07, 6.45) is 14.0. The lowest BCUT2D eigenvalue weighted by atomic mass is 9.34. The number of oxime groups is 1. The van der Waals surface area contributed by atoms with Gasteiger partial charge in [0, 0.05) is 5.92 Å². The number of nitrogens with zero attached hydrogens (tertiary/aromatic N) is 1. The molecule has 4 aliphatic carbocycles. The van der Waals surface area contributed by atoms with Crippen LogP contribution >= 0.6 is 0 Å². The van der Waals surface area contributed by atoms with Crippen LogP contribution in [0.1, 0.15) is 113 Å². The van der Waals surface area contributed by atoms with E-state index in [0.717, 1.165) is 17.8 Å². The maximum Gasteiger partial charge on any atom is 0.124 e. The second kappa shape index (κ2) is 7.38. The van der Waals surface area contributed by atoms with E-state index in [1.54, 1.807) is 0 Å². The first kappa shape index (κ1) is 22.4. The Morgan fingerprint density at radius 2 is 1.63 bits per heavy atom. The molecule has 0 radical (unpaired) electrons. The molecule has 4 rings (SSSR count).